The molecule has 23 heavy (non-hydrogen) atoms. The Hall–Kier alpha value is -2.89. The Morgan fingerprint density at radius 3 is 2.65 bits per heavy atom. The number of hydrogen-bond acceptors (Lipinski definition) is 3. The van der Waals surface area contributed by atoms with E-state index in [0.717, 1.165) is 11.3 Å². The molecule has 1 N–H and O–H groups in total. The molecule has 6 heteroatoms. The van der Waals surface area contributed by atoms with Crippen molar-refractivity contribution in [3.05, 3.63) is 72.1 Å². The van der Waals surface area contributed by atoms with Crippen LogP contribution in [0.25, 0.3) is 0 Å². The molecule has 3 aromatic rings. The lowest BCUT2D eigenvalue weighted by Crippen LogP contribution is -2.33. The molecule has 0 fully saturated rings. The Morgan fingerprint density at radius 2 is 2.04 bits per heavy atom. The fourth-order valence-electron chi connectivity index (χ4n) is 2.61. The first kappa shape index (κ1) is 15.0. The van der Waals surface area contributed by atoms with Crippen molar-refractivity contribution in [2.45, 2.75) is 19.5 Å². The van der Waals surface area contributed by atoms with Gasteiger partial charge in [0.05, 0.1) is 24.6 Å². The smallest absolute Gasteiger partial charge is 0.270 e. The first-order chi connectivity index (χ1) is 11.1. The number of amides is 1. The third-order valence-corrected chi connectivity index (χ3v) is 3.77. The highest BCUT2D eigenvalue weighted by atomic mass is 16.2. The van der Waals surface area contributed by atoms with Crippen molar-refractivity contribution in [2.24, 2.45) is 7.05 Å². The van der Waals surface area contributed by atoms with Crippen LogP contribution >= 0.6 is 0 Å². The van der Waals surface area contributed by atoms with Crippen molar-refractivity contribution < 1.29 is 4.79 Å². The summed E-state index contributed by atoms with van der Waals surface area (Å²) in [5, 5.41) is 7.33. The molecule has 0 radical (unpaired) electrons. The summed E-state index contributed by atoms with van der Waals surface area (Å²) in [5.41, 5.74) is 2.33. The maximum absolute atomic E-state index is 12.7. The van der Waals surface area contributed by atoms with Crippen LogP contribution in [0.5, 0.6) is 0 Å². The third kappa shape index (κ3) is 3.31. The van der Waals surface area contributed by atoms with Gasteiger partial charge in [-0.05, 0) is 18.6 Å². The number of hydrogen-bond donors (Lipinski definition) is 1. The number of carbonyl (C=O) groups excluding carboxylic acids is 1. The van der Waals surface area contributed by atoms with Crippen LogP contribution in [0.15, 0.2) is 55.1 Å². The lowest BCUT2D eigenvalue weighted by atomic mass is 10.1. The fraction of sp³-hybridized carbons (Fsp3) is 0.235. The molecule has 2 heterocycles. The number of carbonyl (C=O) groups is 1. The second-order valence-electron chi connectivity index (χ2n) is 5.45. The SMILES string of the molecule is Cc1ncn(C)c1C(=O)NC(Cn1cccn1)c1ccccc1. The van der Waals surface area contributed by atoms with Crippen molar-refractivity contribution in [1.82, 2.24) is 24.6 Å². The molecule has 0 aliphatic carbocycles. The van der Waals surface area contributed by atoms with Gasteiger partial charge in [-0.2, -0.15) is 5.10 Å². The number of benzene rings is 1. The van der Waals surface area contributed by atoms with E-state index in [1.54, 1.807) is 17.1 Å². The van der Waals surface area contributed by atoms with E-state index in [1.165, 1.54) is 0 Å². The molecular weight excluding hydrogens is 290 g/mol. The molecule has 3 rings (SSSR count). The van der Waals surface area contributed by atoms with Crippen molar-refractivity contribution in [2.75, 3.05) is 0 Å². The van der Waals surface area contributed by atoms with E-state index < -0.39 is 0 Å². The third-order valence-electron chi connectivity index (χ3n) is 3.77. The van der Waals surface area contributed by atoms with Gasteiger partial charge in [-0.3, -0.25) is 9.48 Å². The van der Waals surface area contributed by atoms with Gasteiger partial charge >= 0.3 is 0 Å². The van der Waals surface area contributed by atoms with Crippen LogP contribution in [-0.2, 0) is 13.6 Å². The molecule has 6 nitrogen and oxygen atoms in total. The van der Waals surface area contributed by atoms with E-state index in [2.05, 4.69) is 15.4 Å². The summed E-state index contributed by atoms with van der Waals surface area (Å²) < 4.78 is 3.55. The van der Waals surface area contributed by atoms with E-state index in [4.69, 9.17) is 0 Å². The minimum Gasteiger partial charge on any atom is -0.342 e. The van der Waals surface area contributed by atoms with Gasteiger partial charge in [0.15, 0.2) is 0 Å². The van der Waals surface area contributed by atoms with Crippen molar-refractivity contribution >= 4 is 5.91 Å². The average Bonchev–Trinajstić information content (AvgIpc) is 3.17. The van der Waals surface area contributed by atoms with Gasteiger partial charge in [0, 0.05) is 19.4 Å². The predicted octanol–water partition coefficient (Wildman–Crippen LogP) is 2.10. The summed E-state index contributed by atoms with van der Waals surface area (Å²) in [6.45, 7) is 2.40. The molecule has 1 amide bonds. The molecule has 0 saturated heterocycles. The lowest BCUT2D eigenvalue weighted by molar-refractivity contribution is 0.0923. The highest BCUT2D eigenvalue weighted by molar-refractivity contribution is 5.93. The summed E-state index contributed by atoms with van der Waals surface area (Å²) in [7, 11) is 1.82. The Balaban J connectivity index is 1.85. The van der Waals surface area contributed by atoms with Crippen LogP contribution in [0.3, 0.4) is 0 Å². The zero-order valence-electron chi connectivity index (χ0n) is 13.2. The monoisotopic (exact) mass is 309 g/mol. The molecule has 0 spiro atoms. The van der Waals surface area contributed by atoms with Gasteiger partial charge in [-0.1, -0.05) is 30.3 Å². The molecule has 1 atom stereocenters. The second kappa shape index (κ2) is 6.48. The van der Waals surface area contributed by atoms with E-state index in [1.807, 2.05) is 61.2 Å². The van der Waals surface area contributed by atoms with Gasteiger partial charge in [0.25, 0.3) is 5.91 Å². The highest BCUT2D eigenvalue weighted by Crippen LogP contribution is 2.16. The first-order valence-electron chi connectivity index (χ1n) is 7.46. The molecule has 1 unspecified atom stereocenters. The number of nitrogens with one attached hydrogen (secondary N) is 1. The Labute approximate surface area is 134 Å². The van der Waals surface area contributed by atoms with Gasteiger partial charge in [-0.15, -0.1) is 0 Å². The predicted molar refractivity (Wildman–Crippen MR) is 86.8 cm³/mol. The Morgan fingerprint density at radius 1 is 1.26 bits per heavy atom. The summed E-state index contributed by atoms with van der Waals surface area (Å²) in [4.78, 5) is 16.8. The van der Waals surface area contributed by atoms with Crippen LogP contribution in [0.4, 0.5) is 0 Å². The molecular formula is C17H19N5O. The first-order valence-corrected chi connectivity index (χ1v) is 7.46. The van der Waals surface area contributed by atoms with Gasteiger partial charge in [0.1, 0.15) is 5.69 Å². The quantitative estimate of drug-likeness (QED) is 0.785. The molecule has 0 saturated carbocycles. The van der Waals surface area contributed by atoms with Crippen LogP contribution in [0, 0.1) is 6.92 Å². The second-order valence-corrected chi connectivity index (χ2v) is 5.45. The van der Waals surface area contributed by atoms with Gasteiger partial charge in [-0.25, -0.2) is 4.98 Å². The molecule has 118 valence electrons. The van der Waals surface area contributed by atoms with Gasteiger partial charge < -0.3 is 9.88 Å². The maximum Gasteiger partial charge on any atom is 0.270 e. The normalized spacial score (nSPS) is 12.1. The maximum atomic E-state index is 12.7. The number of aryl methyl sites for hydroxylation is 2. The standard InChI is InChI=1S/C17H19N5O/c1-13-16(21(2)12-18-13)17(23)20-15(11-22-10-6-9-19-22)14-7-4-3-5-8-14/h3-10,12,15H,11H2,1-2H3,(H,20,23). The minimum atomic E-state index is -0.169. The Bertz CT molecular complexity index is 757. The number of nitrogens with zero attached hydrogens (tertiary/aromatic N) is 4. The van der Waals surface area contributed by atoms with Gasteiger partial charge in [0.2, 0.25) is 0 Å². The van der Waals surface area contributed by atoms with Crippen LogP contribution in [0.1, 0.15) is 27.8 Å². The van der Waals surface area contributed by atoms with E-state index in [-0.39, 0.29) is 11.9 Å². The van der Waals surface area contributed by atoms with E-state index in [0.29, 0.717) is 12.2 Å². The number of aromatic nitrogens is 4. The fourth-order valence-corrected chi connectivity index (χ4v) is 2.61. The van der Waals surface area contributed by atoms with Crippen LogP contribution in [-0.4, -0.2) is 25.2 Å². The molecule has 0 aliphatic rings. The summed E-state index contributed by atoms with van der Waals surface area (Å²) in [6, 6.07) is 11.6. The summed E-state index contributed by atoms with van der Waals surface area (Å²) in [5.74, 6) is -0.136. The summed E-state index contributed by atoms with van der Waals surface area (Å²) in [6.07, 6.45) is 5.27. The number of imidazole rings is 1. The zero-order valence-corrected chi connectivity index (χ0v) is 13.2. The topological polar surface area (TPSA) is 64.7 Å². The van der Waals surface area contributed by atoms with Crippen molar-refractivity contribution in [3.8, 4) is 0 Å². The molecule has 1 aromatic carbocycles. The molecule has 2 aromatic heterocycles. The average molecular weight is 309 g/mol. The van der Waals surface area contributed by atoms with E-state index >= 15 is 0 Å². The van der Waals surface area contributed by atoms with Crippen molar-refractivity contribution in [3.63, 3.8) is 0 Å². The lowest BCUT2D eigenvalue weighted by Gasteiger charge is -2.19. The van der Waals surface area contributed by atoms with Crippen LogP contribution in [0.2, 0.25) is 0 Å². The largest absolute Gasteiger partial charge is 0.342 e. The molecule has 0 bridgehead atoms. The summed E-state index contributed by atoms with van der Waals surface area (Å²) >= 11 is 0. The zero-order chi connectivity index (χ0) is 16.2. The highest BCUT2D eigenvalue weighted by Gasteiger charge is 2.20. The molecule has 0 aliphatic heterocycles. The van der Waals surface area contributed by atoms with E-state index in [9.17, 15) is 4.79 Å². The minimum absolute atomic E-state index is 0.136. The van der Waals surface area contributed by atoms with Crippen LogP contribution < -0.4 is 5.32 Å². The van der Waals surface area contributed by atoms with Crippen molar-refractivity contribution in [1.29, 1.82) is 0 Å². The Kier molecular flexibility index (Phi) is 4.23. The number of rotatable bonds is 5.